The molecule has 9 heteroatoms. The maximum absolute atomic E-state index is 10.9. The van der Waals surface area contributed by atoms with E-state index in [2.05, 4.69) is 69.1 Å². The number of rotatable bonds is 1. The summed E-state index contributed by atoms with van der Waals surface area (Å²) in [5.41, 5.74) is 5.28. The molecule has 0 fully saturated rings. The Balaban J connectivity index is 1.39. The lowest BCUT2D eigenvalue weighted by molar-refractivity contribution is -0.673. The maximum Gasteiger partial charge on any atom is 0.268 e. The van der Waals surface area contributed by atoms with Crippen molar-refractivity contribution in [3.8, 4) is 5.88 Å². The summed E-state index contributed by atoms with van der Waals surface area (Å²) in [6.45, 7) is 1.92. The van der Waals surface area contributed by atoms with Crippen LogP contribution in [0.2, 0.25) is 0 Å². The van der Waals surface area contributed by atoms with Crippen LogP contribution in [-0.2, 0) is 6.54 Å². The first kappa shape index (κ1) is 20.6. The number of benzene rings is 2. The van der Waals surface area contributed by atoms with Crippen LogP contribution in [0.1, 0.15) is 17.8 Å². The molecular formula is C26H21N4OS4+. The van der Waals surface area contributed by atoms with Crippen LogP contribution in [0.3, 0.4) is 0 Å². The second-order valence-corrected chi connectivity index (χ2v) is 12.8. The van der Waals surface area contributed by atoms with Gasteiger partial charge in [0.2, 0.25) is 11.4 Å². The van der Waals surface area contributed by atoms with Crippen LogP contribution in [0.25, 0.3) is 15.8 Å². The van der Waals surface area contributed by atoms with Crippen LogP contribution in [0.5, 0.6) is 5.88 Å². The number of hydrogen-bond donors (Lipinski definition) is 1. The zero-order chi connectivity index (χ0) is 23.3. The molecule has 6 heterocycles. The number of aryl methyl sites for hydroxylation is 1. The second kappa shape index (κ2) is 7.46. The highest BCUT2D eigenvalue weighted by atomic mass is 32.2. The van der Waals surface area contributed by atoms with Crippen molar-refractivity contribution >= 4 is 68.1 Å². The molecule has 4 aromatic rings. The molecule has 8 rings (SSSR count). The van der Waals surface area contributed by atoms with Crippen LogP contribution in [0.4, 0.5) is 5.69 Å². The molecule has 4 aliphatic rings. The van der Waals surface area contributed by atoms with Gasteiger partial charge in [-0.2, -0.15) is 4.57 Å². The minimum absolute atomic E-state index is 0.171. The van der Waals surface area contributed by atoms with Gasteiger partial charge in [-0.15, -0.1) is 11.3 Å². The van der Waals surface area contributed by atoms with Crippen molar-refractivity contribution in [3.63, 3.8) is 0 Å². The minimum Gasteiger partial charge on any atom is -0.493 e. The van der Waals surface area contributed by atoms with Crippen molar-refractivity contribution in [2.75, 3.05) is 16.5 Å². The van der Waals surface area contributed by atoms with E-state index in [-0.39, 0.29) is 18.0 Å². The summed E-state index contributed by atoms with van der Waals surface area (Å²) in [7, 11) is 0. The summed E-state index contributed by atoms with van der Waals surface area (Å²) in [5.74, 6) is 0.241. The Morgan fingerprint density at radius 1 is 1.03 bits per heavy atom. The molecule has 0 saturated heterocycles. The predicted molar refractivity (Wildman–Crippen MR) is 147 cm³/mol. The quantitative estimate of drug-likeness (QED) is 0.244. The first-order valence-corrected chi connectivity index (χ1v) is 14.7. The number of aromatic nitrogens is 2. The highest BCUT2D eigenvalue weighted by Gasteiger charge is 2.47. The van der Waals surface area contributed by atoms with Gasteiger partial charge in [-0.25, -0.2) is 4.68 Å². The van der Waals surface area contributed by atoms with Crippen LogP contribution < -0.4 is 14.5 Å². The van der Waals surface area contributed by atoms with E-state index >= 15 is 0 Å². The van der Waals surface area contributed by atoms with Crippen LogP contribution in [0.15, 0.2) is 75.5 Å². The molecule has 0 radical (unpaired) electrons. The van der Waals surface area contributed by atoms with Gasteiger partial charge in [0.25, 0.3) is 5.01 Å². The first-order valence-electron chi connectivity index (χ1n) is 11.8. The third-order valence-electron chi connectivity index (χ3n) is 7.52. The molecule has 0 saturated carbocycles. The molecule has 2 aromatic carbocycles. The maximum atomic E-state index is 10.9. The molecule has 174 valence electrons. The molecule has 0 spiro atoms. The van der Waals surface area contributed by atoms with Gasteiger partial charge < -0.3 is 10.0 Å². The second-order valence-electron chi connectivity index (χ2n) is 9.27. The fraction of sp³-hybridized carbons (Fsp3) is 0.231. The molecule has 0 aliphatic carbocycles. The van der Waals surface area contributed by atoms with Gasteiger partial charge in [-0.05, 0) is 42.9 Å². The Hall–Kier alpha value is -2.59. The molecule has 2 aromatic heterocycles. The topological polar surface area (TPSA) is 35.5 Å². The minimum atomic E-state index is 0.171. The van der Waals surface area contributed by atoms with Gasteiger partial charge in [-0.3, -0.25) is 5.01 Å². The summed E-state index contributed by atoms with van der Waals surface area (Å²) in [4.78, 5) is 3.80. The number of hydrogen-bond acceptors (Lipinski definition) is 7. The largest absolute Gasteiger partial charge is 0.493 e. The monoisotopic (exact) mass is 533 g/mol. The summed E-state index contributed by atoms with van der Waals surface area (Å²) >= 11 is 10.9. The van der Waals surface area contributed by atoms with E-state index in [1.807, 2.05) is 27.8 Å². The Kier molecular flexibility index (Phi) is 4.39. The van der Waals surface area contributed by atoms with Gasteiger partial charge in [0, 0.05) is 29.5 Å². The lowest BCUT2D eigenvalue weighted by atomic mass is 9.86. The lowest BCUT2D eigenvalue weighted by Crippen LogP contribution is -2.60. The Bertz CT molecular complexity index is 1660. The van der Waals surface area contributed by atoms with Crippen LogP contribution in [-0.4, -0.2) is 28.4 Å². The molecule has 0 amide bonds. The van der Waals surface area contributed by atoms with Gasteiger partial charge >= 0.3 is 0 Å². The number of fused-ring (bicyclic) bond motifs is 9. The number of nitrogens with zero attached hydrogens (tertiary/aromatic N) is 4. The van der Waals surface area contributed by atoms with Crippen molar-refractivity contribution in [3.05, 3.63) is 79.6 Å². The summed E-state index contributed by atoms with van der Waals surface area (Å²) in [5, 5.41) is 17.7. The predicted octanol–water partition coefficient (Wildman–Crippen LogP) is 5.89. The number of aromatic hydroxyl groups is 1. The average molecular weight is 534 g/mol. The third-order valence-corrected chi connectivity index (χ3v) is 11.1. The third kappa shape index (κ3) is 2.81. The molecule has 1 N–H and O–H groups in total. The van der Waals surface area contributed by atoms with E-state index in [4.69, 9.17) is 12.2 Å². The highest BCUT2D eigenvalue weighted by molar-refractivity contribution is 8.03. The number of para-hydroxylation sites is 2. The standard InChI is InChI=1S/C26H20N4OS4/c31-23-14-33-26(32)30(23)29-17-9-11-27-19-5-1-3-7-21(19)34-24(27)15(17)13-16-18(29)10-12-28-20-6-2-4-8-22(20)35-25(16)28/h1-8,13-14,17-18H,9-12H2/p+1. The van der Waals surface area contributed by atoms with Gasteiger partial charge in [-0.1, -0.05) is 47.4 Å². The Morgan fingerprint density at radius 2 is 1.89 bits per heavy atom. The first-order chi connectivity index (χ1) is 17.2. The molecule has 35 heavy (non-hydrogen) atoms. The van der Waals surface area contributed by atoms with Gasteiger partial charge in [0.05, 0.1) is 33.8 Å². The zero-order valence-corrected chi connectivity index (χ0v) is 21.9. The van der Waals surface area contributed by atoms with Crippen LogP contribution >= 0.6 is 46.7 Å². The summed E-state index contributed by atoms with van der Waals surface area (Å²) < 4.78 is 6.41. The van der Waals surface area contributed by atoms with Crippen molar-refractivity contribution in [2.45, 2.75) is 36.4 Å². The zero-order valence-electron chi connectivity index (χ0n) is 18.6. The van der Waals surface area contributed by atoms with Gasteiger partial charge in [0.1, 0.15) is 4.70 Å². The normalized spacial score (nSPS) is 22.5. The van der Waals surface area contributed by atoms with Crippen molar-refractivity contribution < 1.29 is 9.67 Å². The van der Waals surface area contributed by atoms with E-state index in [1.165, 1.54) is 53.3 Å². The van der Waals surface area contributed by atoms with Gasteiger partial charge in [0.15, 0.2) is 10.5 Å². The fourth-order valence-corrected chi connectivity index (χ4v) is 9.51. The van der Waals surface area contributed by atoms with E-state index in [9.17, 15) is 5.11 Å². The Morgan fingerprint density at radius 3 is 2.77 bits per heavy atom. The van der Waals surface area contributed by atoms with E-state index < -0.39 is 0 Å². The van der Waals surface area contributed by atoms with Crippen molar-refractivity contribution in [2.24, 2.45) is 0 Å². The van der Waals surface area contributed by atoms with E-state index in [0.29, 0.717) is 3.95 Å². The smallest absolute Gasteiger partial charge is 0.268 e. The Labute approximate surface area is 219 Å². The highest BCUT2D eigenvalue weighted by Crippen LogP contribution is 2.52. The van der Waals surface area contributed by atoms with E-state index in [0.717, 1.165) is 25.9 Å². The fourth-order valence-electron chi connectivity index (χ4n) is 6.08. The summed E-state index contributed by atoms with van der Waals surface area (Å²) in [6.07, 6.45) is 4.44. The molecule has 2 unspecified atom stereocenters. The summed E-state index contributed by atoms with van der Waals surface area (Å²) in [6, 6.07) is 17.8. The number of anilines is 1. The number of thiazole rings is 2. The SMILES string of the molecule is Oc1csc(=S)n1N1C2CC[n+]3c(sc4ccccc43)C2=CC2=C3Sc4ccccc4N3CCC21. The number of thioether (sulfide) groups is 1. The average Bonchev–Trinajstić information content (AvgIpc) is 3.55. The lowest BCUT2D eigenvalue weighted by Gasteiger charge is -2.48. The molecule has 2 atom stereocenters. The molecule has 4 aliphatic heterocycles. The molecule has 0 bridgehead atoms. The molecule has 5 nitrogen and oxygen atoms in total. The molecular weight excluding hydrogens is 513 g/mol. The van der Waals surface area contributed by atoms with E-state index in [1.54, 1.807) is 5.38 Å². The van der Waals surface area contributed by atoms with Crippen LogP contribution in [0, 0.1) is 3.95 Å². The van der Waals surface area contributed by atoms with Crippen molar-refractivity contribution in [1.82, 2.24) is 4.68 Å². The van der Waals surface area contributed by atoms with Crippen molar-refractivity contribution in [1.29, 1.82) is 0 Å².